The van der Waals surface area contributed by atoms with E-state index in [1.807, 2.05) is 0 Å². The molecule has 1 aromatic carbocycles. The molecule has 10 nitrogen and oxygen atoms in total. The highest BCUT2D eigenvalue weighted by Gasteiger charge is 2.35. The summed E-state index contributed by atoms with van der Waals surface area (Å²) in [6, 6.07) is 2.04. The first kappa shape index (κ1) is 18.6. The number of nitro benzene ring substituents is 2. The molecule has 0 aliphatic carbocycles. The number of hydrogen-bond acceptors (Lipinski definition) is 8. The molecular formula is C15H19N3O7. The first-order valence-electron chi connectivity index (χ1n) is 7.78. The molecule has 1 saturated heterocycles. The van der Waals surface area contributed by atoms with Gasteiger partial charge in [-0.3, -0.25) is 20.2 Å². The fourth-order valence-corrected chi connectivity index (χ4v) is 2.90. The average molecular weight is 353 g/mol. The van der Waals surface area contributed by atoms with Crippen LogP contribution in [-0.2, 0) is 9.47 Å². The summed E-state index contributed by atoms with van der Waals surface area (Å²) < 4.78 is 10.4. The molecule has 0 amide bonds. The van der Waals surface area contributed by atoms with Gasteiger partial charge < -0.3 is 14.4 Å². The predicted octanol–water partition coefficient (Wildman–Crippen LogP) is 2.29. The van der Waals surface area contributed by atoms with Gasteiger partial charge >= 0.3 is 17.3 Å². The van der Waals surface area contributed by atoms with Gasteiger partial charge in [0.15, 0.2) is 5.69 Å². The molecule has 1 fully saturated rings. The standard InChI is InChI=1S/C15H19N3O7/c1-4-24-15(19)11-5-12(17(20)21)14(13(6-11)18(22)23)16-7-9(2)25-10(3)8-16/h5-6,9-10H,4,7-8H2,1-3H3. The van der Waals surface area contributed by atoms with Crippen molar-refractivity contribution in [3.05, 3.63) is 37.9 Å². The minimum absolute atomic E-state index is 0.0562. The van der Waals surface area contributed by atoms with E-state index < -0.39 is 27.2 Å². The zero-order chi connectivity index (χ0) is 18.7. The van der Waals surface area contributed by atoms with E-state index in [9.17, 15) is 25.0 Å². The van der Waals surface area contributed by atoms with Crippen molar-refractivity contribution < 1.29 is 24.1 Å². The van der Waals surface area contributed by atoms with Gasteiger partial charge in [0.2, 0.25) is 0 Å². The average Bonchev–Trinajstić information content (AvgIpc) is 2.52. The van der Waals surface area contributed by atoms with Crippen LogP contribution in [0.25, 0.3) is 0 Å². The molecule has 0 radical (unpaired) electrons. The SMILES string of the molecule is CCOC(=O)c1cc([N+](=O)[O-])c(N2CC(C)OC(C)C2)c([N+](=O)[O-])c1. The van der Waals surface area contributed by atoms with Crippen LogP contribution >= 0.6 is 0 Å². The van der Waals surface area contributed by atoms with Crippen molar-refractivity contribution in [3.8, 4) is 0 Å². The van der Waals surface area contributed by atoms with E-state index in [1.54, 1.807) is 25.7 Å². The maximum absolute atomic E-state index is 11.9. The summed E-state index contributed by atoms with van der Waals surface area (Å²) in [7, 11) is 0. The third-order valence-electron chi connectivity index (χ3n) is 3.71. The van der Waals surface area contributed by atoms with Gasteiger partial charge in [-0.25, -0.2) is 4.79 Å². The Kier molecular flexibility index (Phi) is 5.52. The number of nitrogens with zero attached hydrogens (tertiary/aromatic N) is 3. The van der Waals surface area contributed by atoms with Gasteiger partial charge in [0, 0.05) is 25.2 Å². The highest BCUT2D eigenvalue weighted by atomic mass is 16.6. The Morgan fingerprint density at radius 2 is 1.68 bits per heavy atom. The number of benzene rings is 1. The van der Waals surface area contributed by atoms with E-state index in [4.69, 9.17) is 9.47 Å². The van der Waals surface area contributed by atoms with E-state index >= 15 is 0 Å². The van der Waals surface area contributed by atoms with Crippen LogP contribution in [0.3, 0.4) is 0 Å². The third kappa shape index (κ3) is 4.02. The summed E-state index contributed by atoms with van der Waals surface area (Å²) in [5.41, 5.74) is -1.35. The summed E-state index contributed by atoms with van der Waals surface area (Å²) in [4.78, 5) is 35.0. The minimum atomic E-state index is -0.844. The lowest BCUT2D eigenvalue weighted by Crippen LogP contribution is -2.46. The van der Waals surface area contributed by atoms with Gasteiger partial charge in [-0.15, -0.1) is 0 Å². The van der Waals surface area contributed by atoms with E-state index in [2.05, 4.69) is 0 Å². The molecule has 1 aliphatic heterocycles. The van der Waals surface area contributed by atoms with Crippen LogP contribution in [0.15, 0.2) is 12.1 Å². The molecule has 2 atom stereocenters. The number of carbonyl (C=O) groups is 1. The van der Waals surface area contributed by atoms with Crippen LogP contribution < -0.4 is 4.90 Å². The zero-order valence-electron chi connectivity index (χ0n) is 14.1. The fraction of sp³-hybridized carbons (Fsp3) is 0.533. The molecule has 25 heavy (non-hydrogen) atoms. The number of esters is 1. The second kappa shape index (κ2) is 7.43. The van der Waals surface area contributed by atoms with E-state index in [0.29, 0.717) is 0 Å². The summed E-state index contributed by atoms with van der Waals surface area (Å²) in [5, 5.41) is 23.0. The second-order valence-electron chi connectivity index (χ2n) is 5.76. The van der Waals surface area contributed by atoms with Crippen LogP contribution in [0, 0.1) is 20.2 Å². The molecule has 1 heterocycles. The van der Waals surface area contributed by atoms with Gasteiger partial charge in [0.1, 0.15) is 0 Å². The van der Waals surface area contributed by atoms with E-state index in [0.717, 1.165) is 12.1 Å². The predicted molar refractivity (Wildman–Crippen MR) is 87.9 cm³/mol. The van der Waals surface area contributed by atoms with Crippen LogP contribution in [-0.4, -0.2) is 47.7 Å². The number of anilines is 1. The van der Waals surface area contributed by atoms with E-state index in [1.165, 1.54) is 0 Å². The number of hydrogen-bond donors (Lipinski definition) is 0. The largest absolute Gasteiger partial charge is 0.462 e. The molecule has 2 rings (SSSR count). The molecule has 1 aromatic rings. The Labute approximate surface area is 143 Å². The molecule has 0 bridgehead atoms. The Balaban J connectivity index is 2.62. The van der Waals surface area contributed by atoms with Gasteiger partial charge in [0.25, 0.3) is 0 Å². The maximum atomic E-state index is 11.9. The summed E-state index contributed by atoms with van der Waals surface area (Å²) in [6.07, 6.45) is -0.486. The minimum Gasteiger partial charge on any atom is -0.462 e. The number of ether oxygens (including phenoxy) is 2. The molecule has 2 unspecified atom stereocenters. The molecule has 10 heteroatoms. The molecule has 1 aliphatic rings. The van der Waals surface area contributed by atoms with Gasteiger partial charge in [-0.1, -0.05) is 0 Å². The van der Waals surface area contributed by atoms with Crippen molar-refractivity contribution in [2.24, 2.45) is 0 Å². The monoisotopic (exact) mass is 353 g/mol. The number of carbonyl (C=O) groups excluding carboxylic acids is 1. The van der Waals surface area contributed by atoms with Crippen molar-refractivity contribution in [2.75, 3.05) is 24.6 Å². The molecule has 136 valence electrons. The Morgan fingerprint density at radius 3 is 2.08 bits per heavy atom. The lowest BCUT2D eigenvalue weighted by Gasteiger charge is -2.36. The van der Waals surface area contributed by atoms with Crippen LogP contribution in [0.2, 0.25) is 0 Å². The first-order chi connectivity index (χ1) is 11.7. The quantitative estimate of drug-likeness (QED) is 0.448. The van der Waals surface area contributed by atoms with Gasteiger partial charge in [0.05, 0.1) is 34.2 Å². The molecule has 0 N–H and O–H groups in total. The van der Waals surface area contributed by atoms with Crippen molar-refractivity contribution in [2.45, 2.75) is 33.0 Å². The van der Waals surface area contributed by atoms with Crippen LogP contribution in [0.1, 0.15) is 31.1 Å². The summed E-state index contributed by atoms with van der Waals surface area (Å²) in [5.74, 6) is -0.844. The Morgan fingerprint density at radius 1 is 1.20 bits per heavy atom. The topological polar surface area (TPSA) is 125 Å². The maximum Gasteiger partial charge on any atom is 0.338 e. The lowest BCUT2D eigenvalue weighted by atomic mass is 10.1. The molecule has 0 aromatic heterocycles. The van der Waals surface area contributed by atoms with Crippen molar-refractivity contribution in [1.82, 2.24) is 0 Å². The zero-order valence-corrected chi connectivity index (χ0v) is 14.1. The second-order valence-corrected chi connectivity index (χ2v) is 5.76. The molecule has 0 spiro atoms. The van der Waals surface area contributed by atoms with Gasteiger partial charge in [-0.05, 0) is 20.8 Å². The smallest absolute Gasteiger partial charge is 0.338 e. The summed E-state index contributed by atoms with van der Waals surface area (Å²) >= 11 is 0. The molecular weight excluding hydrogens is 334 g/mol. The highest BCUT2D eigenvalue weighted by molar-refractivity contribution is 5.94. The number of nitro groups is 2. The highest BCUT2D eigenvalue weighted by Crippen LogP contribution is 2.40. The third-order valence-corrected chi connectivity index (χ3v) is 3.71. The molecule has 0 saturated carbocycles. The van der Waals surface area contributed by atoms with Crippen molar-refractivity contribution >= 4 is 23.0 Å². The van der Waals surface area contributed by atoms with Crippen molar-refractivity contribution in [3.63, 3.8) is 0 Å². The summed E-state index contributed by atoms with van der Waals surface area (Å²) in [6.45, 7) is 5.74. The Hall–Kier alpha value is -2.75. The first-order valence-corrected chi connectivity index (χ1v) is 7.78. The van der Waals surface area contributed by atoms with Crippen molar-refractivity contribution in [1.29, 1.82) is 0 Å². The normalized spacial score (nSPS) is 20.2. The lowest BCUT2D eigenvalue weighted by molar-refractivity contribution is -0.392. The van der Waals surface area contributed by atoms with E-state index in [-0.39, 0.29) is 43.2 Å². The fourth-order valence-electron chi connectivity index (χ4n) is 2.90. The number of morpholine rings is 1. The van der Waals surface area contributed by atoms with Crippen LogP contribution in [0.5, 0.6) is 0 Å². The number of rotatable bonds is 5. The van der Waals surface area contributed by atoms with Crippen LogP contribution in [0.4, 0.5) is 17.1 Å². The Bertz CT molecular complexity index is 661. The van der Waals surface area contributed by atoms with Gasteiger partial charge in [-0.2, -0.15) is 0 Å².